The van der Waals surface area contributed by atoms with Crippen LogP contribution >= 0.6 is 0 Å². The first-order valence-corrected chi connectivity index (χ1v) is 8.58. The molecule has 0 aliphatic rings. The third-order valence-corrected chi connectivity index (χ3v) is 4.57. The zero-order valence-electron chi connectivity index (χ0n) is 11.6. The smallest absolute Gasteiger partial charge is 0.270 e. The predicted octanol–water partition coefficient (Wildman–Crippen LogP) is 3.15. The van der Waals surface area contributed by atoms with E-state index < -0.39 is 21.5 Å². The number of hydrogen-bond donors (Lipinski definition) is 2. The third-order valence-electron chi connectivity index (χ3n) is 3.26. The van der Waals surface area contributed by atoms with Gasteiger partial charge in [0.2, 0.25) is 0 Å². The van der Waals surface area contributed by atoms with Crippen molar-refractivity contribution in [2.75, 3.05) is 0 Å². The predicted molar refractivity (Wildman–Crippen MR) is 74.2 cm³/mol. The van der Waals surface area contributed by atoms with E-state index in [1.54, 1.807) is 0 Å². The topological polar surface area (TPSA) is 74.6 Å². The number of unbranched alkanes of at least 4 members (excludes halogenated alkanes) is 5. The van der Waals surface area contributed by atoms with Crippen LogP contribution in [0.25, 0.3) is 0 Å². The molecule has 18 heavy (non-hydrogen) atoms. The summed E-state index contributed by atoms with van der Waals surface area (Å²) in [5.41, 5.74) is 0. The minimum Gasteiger partial charge on any atom is -0.392 e. The maximum absolute atomic E-state index is 11.2. The highest BCUT2D eigenvalue weighted by molar-refractivity contribution is 7.86. The van der Waals surface area contributed by atoms with Crippen molar-refractivity contribution in [2.24, 2.45) is 0 Å². The Labute approximate surface area is 112 Å². The Balaban J connectivity index is 4.10. The highest BCUT2D eigenvalue weighted by atomic mass is 32.2. The van der Waals surface area contributed by atoms with Crippen LogP contribution in [0.2, 0.25) is 0 Å². The second kappa shape index (κ2) is 9.75. The van der Waals surface area contributed by atoms with Gasteiger partial charge in [-0.2, -0.15) is 8.42 Å². The monoisotopic (exact) mass is 280 g/mol. The van der Waals surface area contributed by atoms with Crippen molar-refractivity contribution >= 4 is 10.1 Å². The number of hydrogen-bond acceptors (Lipinski definition) is 3. The fraction of sp³-hybridized carbons (Fsp3) is 1.00. The fourth-order valence-corrected chi connectivity index (χ4v) is 3.09. The lowest BCUT2D eigenvalue weighted by atomic mass is 10.0. The van der Waals surface area contributed by atoms with E-state index in [1.807, 2.05) is 6.92 Å². The molecule has 0 aromatic rings. The molecule has 5 heteroatoms. The molecule has 0 amide bonds. The van der Waals surface area contributed by atoms with Gasteiger partial charge in [-0.3, -0.25) is 4.55 Å². The summed E-state index contributed by atoms with van der Waals surface area (Å²) in [4.78, 5) is 0. The minimum atomic E-state index is -4.13. The van der Waals surface area contributed by atoms with E-state index in [9.17, 15) is 13.5 Å². The maximum atomic E-state index is 11.2. The lowest BCUT2D eigenvalue weighted by Crippen LogP contribution is -2.33. The van der Waals surface area contributed by atoms with E-state index in [-0.39, 0.29) is 0 Å². The van der Waals surface area contributed by atoms with Gasteiger partial charge in [-0.25, -0.2) is 0 Å². The molecular weight excluding hydrogens is 252 g/mol. The van der Waals surface area contributed by atoms with Gasteiger partial charge in [0.05, 0.1) is 6.10 Å². The van der Waals surface area contributed by atoms with Gasteiger partial charge in [-0.15, -0.1) is 0 Å². The van der Waals surface area contributed by atoms with E-state index in [4.69, 9.17) is 4.55 Å². The number of aliphatic hydroxyl groups is 1. The Kier molecular flexibility index (Phi) is 9.68. The van der Waals surface area contributed by atoms with Crippen LogP contribution in [0.15, 0.2) is 0 Å². The Bertz CT molecular complexity index is 287. The third kappa shape index (κ3) is 8.06. The first-order chi connectivity index (χ1) is 8.43. The van der Waals surface area contributed by atoms with Crippen LogP contribution in [0.1, 0.15) is 71.6 Å². The number of aliphatic hydroxyl groups excluding tert-OH is 1. The minimum absolute atomic E-state index is 0.339. The Morgan fingerprint density at radius 3 is 1.94 bits per heavy atom. The summed E-state index contributed by atoms with van der Waals surface area (Å²) >= 11 is 0. The van der Waals surface area contributed by atoms with Crippen LogP contribution in [-0.2, 0) is 10.1 Å². The lowest BCUT2D eigenvalue weighted by Gasteiger charge is -2.20. The van der Waals surface area contributed by atoms with Crippen molar-refractivity contribution in [1.29, 1.82) is 0 Å². The van der Waals surface area contributed by atoms with Crippen LogP contribution in [0.4, 0.5) is 0 Å². The van der Waals surface area contributed by atoms with Crippen LogP contribution < -0.4 is 0 Å². The quantitative estimate of drug-likeness (QED) is 0.450. The fourth-order valence-electron chi connectivity index (χ4n) is 2.09. The van der Waals surface area contributed by atoms with Crippen molar-refractivity contribution < 1.29 is 18.1 Å². The molecule has 2 atom stereocenters. The normalized spacial score (nSPS) is 15.6. The molecule has 0 aromatic heterocycles. The molecule has 2 N–H and O–H groups in total. The van der Waals surface area contributed by atoms with Crippen molar-refractivity contribution in [3.63, 3.8) is 0 Å². The average molecular weight is 280 g/mol. The Morgan fingerprint density at radius 1 is 0.889 bits per heavy atom. The molecule has 0 saturated heterocycles. The molecule has 110 valence electrons. The Morgan fingerprint density at radius 2 is 1.44 bits per heavy atom. The number of rotatable bonds is 11. The van der Waals surface area contributed by atoms with Crippen LogP contribution in [-0.4, -0.2) is 29.4 Å². The molecule has 0 aliphatic heterocycles. The summed E-state index contributed by atoms with van der Waals surface area (Å²) in [5, 5.41) is 8.88. The summed E-state index contributed by atoms with van der Waals surface area (Å²) < 4.78 is 31.5. The summed E-state index contributed by atoms with van der Waals surface area (Å²) in [5.74, 6) is 0. The molecule has 0 radical (unpaired) electrons. The molecule has 0 bridgehead atoms. The van der Waals surface area contributed by atoms with Crippen LogP contribution in [0.3, 0.4) is 0 Å². The molecule has 4 nitrogen and oxygen atoms in total. The molecule has 0 heterocycles. The SMILES string of the molecule is CCCCCCCC(O)C(CCCC)S(=O)(=O)O. The van der Waals surface area contributed by atoms with Crippen molar-refractivity contribution in [1.82, 2.24) is 0 Å². The van der Waals surface area contributed by atoms with E-state index >= 15 is 0 Å². The zero-order valence-corrected chi connectivity index (χ0v) is 12.5. The van der Waals surface area contributed by atoms with Crippen molar-refractivity contribution in [2.45, 2.75) is 83.0 Å². The summed E-state index contributed by atoms with van der Waals surface area (Å²) in [7, 11) is -4.13. The largest absolute Gasteiger partial charge is 0.392 e. The Hall–Kier alpha value is -0.130. The van der Waals surface area contributed by atoms with E-state index in [0.29, 0.717) is 19.3 Å². The van der Waals surface area contributed by atoms with Gasteiger partial charge in [0.25, 0.3) is 10.1 Å². The molecule has 0 saturated carbocycles. The van der Waals surface area contributed by atoms with Gasteiger partial charge in [-0.05, 0) is 12.8 Å². The highest BCUT2D eigenvalue weighted by Gasteiger charge is 2.29. The van der Waals surface area contributed by atoms with Gasteiger partial charge < -0.3 is 5.11 Å². The molecule has 2 unspecified atom stereocenters. The van der Waals surface area contributed by atoms with E-state index in [2.05, 4.69) is 6.92 Å². The van der Waals surface area contributed by atoms with Gasteiger partial charge in [-0.1, -0.05) is 58.8 Å². The molecule has 0 aromatic carbocycles. The summed E-state index contributed by atoms with van der Waals surface area (Å²) in [6, 6.07) is 0. The second-order valence-corrected chi connectivity index (χ2v) is 6.60. The standard InChI is InChI=1S/C13H28O4S/c1-3-5-7-8-9-10-12(14)13(11-6-4-2)18(15,16)17/h12-14H,3-11H2,1-2H3,(H,15,16,17). The van der Waals surface area contributed by atoms with Gasteiger partial charge >= 0.3 is 0 Å². The van der Waals surface area contributed by atoms with Crippen LogP contribution in [0, 0.1) is 0 Å². The maximum Gasteiger partial charge on any atom is 0.270 e. The molecule has 0 fully saturated rings. The average Bonchev–Trinajstić information content (AvgIpc) is 2.27. The van der Waals surface area contributed by atoms with Gasteiger partial charge in [0.15, 0.2) is 0 Å². The van der Waals surface area contributed by atoms with Gasteiger partial charge in [0, 0.05) is 0 Å². The van der Waals surface area contributed by atoms with Gasteiger partial charge in [0.1, 0.15) is 5.25 Å². The van der Waals surface area contributed by atoms with Crippen molar-refractivity contribution in [3.8, 4) is 0 Å². The van der Waals surface area contributed by atoms with Crippen molar-refractivity contribution in [3.05, 3.63) is 0 Å². The summed E-state index contributed by atoms with van der Waals surface area (Å²) in [6.45, 7) is 4.09. The highest BCUT2D eigenvalue weighted by Crippen LogP contribution is 2.18. The first-order valence-electron chi connectivity index (χ1n) is 7.07. The second-order valence-electron chi connectivity index (χ2n) is 4.97. The summed E-state index contributed by atoms with van der Waals surface area (Å²) in [6.07, 6.45) is 6.70. The van der Waals surface area contributed by atoms with Crippen LogP contribution in [0.5, 0.6) is 0 Å². The lowest BCUT2D eigenvalue weighted by molar-refractivity contribution is 0.146. The van der Waals surface area contributed by atoms with E-state index in [1.165, 1.54) is 6.42 Å². The van der Waals surface area contributed by atoms with E-state index in [0.717, 1.165) is 32.1 Å². The molecule has 0 aliphatic carbocycles. The molecule has 0 spiro atoms. The molecular formula is C13H28O4S. The first kappa shape index (κ1) is 17.9. The molecule has 0 rings (SSSR count). The zero-order chi connectivity index (χ0) is 14.0.